The standard InChI is InChI=1S/C15H22O2S2/c1-3-10-18-14(19-11-4-2)12-17-15(16)13-8-6-5-7-9-13/h5-9,14H,3-4,10-12H2,1-2H3. The molecular formula is C15H22O2S2. The van der Waals surface area contributed by atoms with Crippen molar-refractivity contribution in [2.24, 2.45) is 0 Å². The maximum absolute atomic E-state index is 11.9. The van der Waals surface area contributed by atoms with E-state index in [1.54, 1.807) is 12.1 Å². The molecule has 0 bridgehead atoms. The van der Waals surface area contributed by atoms with Gasteiger partial charge in [-0.05, 0) is 36.5 Å². The van der Waals surface area contributed by atoms with Crippen LogP contribution in [0.3, 0.4) is 0 Å². The van der Waals surface area contributed by atoms with Crippen LogP contribution in [0.15, 0.2) is 30.3 Å². The van der Waals surface area contributed by atoms with Crippen molar-refractivity contribution in [2.45, 2.75) is 31.3 Å². The highest BCUT2D eigenvalue weighted by Gasteiger charge is 2.13. The SMILES string of the molecule is CCCSC(COC(=O)c1ccccc1)SCCC. The minimum absolute atomic E-state index is 0.222. The van der Waals surface area contributed by atoms with Gasteiger partial charge in [0.1, 0.15) is 6.61 Å². The predicted molar refractivity (Wildman–Crippen MR) is 86.0 cm³/mol. The molecule has 0 heterocycles. The molecule has 1 aromatic rings. The molecule has 0 spiro atoms. The predicted octanol–water partition coefficient (Wildman–Crippen LogP) is 4.46. The first kappa shape index (κ1) is 16.4. The number of hydrogen-bond acceptors (Lipinski definition) is 4. The van der Waals surface area contributed by atoms with Crippen molar-refractivity contribution in [3.05, 3.63) is 35.9 Å². The molecule has 0 amide bonds. The Hall–Kier alpha value is -0.610. The fourth-order valence-electron chi connectivity index (χ4n) is 1.44. The van der Waals surface area contributed by atoms with E-state index in [1.165, 1.54) is 0 Å². The molecule has 2 nitrogen and oxygen atoms in total. The number of carbonyl (C=O) groups excluding carboxylic acids is 1. The molecule has 0 aliphatic heterocycles. The van der Waals surface area contributed by atoms with E-state index >= 15 is 0 Å². The summed E-state index contributed by atoms with van der Waals surface area (Å²) in [4.78, 5) is 11.9. The van der Waals surface area contributed by atoms with Crippen LogP contribution in [-0.2, 0) is 4.74 Å². The number of rotatable bonds is 9. The van der Waals surface area contributed by atoms with Crippen LogP contribution in [0.25, 0.3) is 0 Å². The number of ether oxygens (including phenoxy) is 1. The maximum Gasteiger partial charge on any atom is 0.338 e. The minimum atomic E-state index is -0.222. The second kappa shape index (κ2) is 10.2. The van der Waals surface area contributed by atoms with Crippen molar-refractivity contribution in [1.29, 1.82) is 0 Å². The van der Waals surface area contributed by atoms with Crippen LogP contribution in [0.1, 0.15) is 37.0 Å². The van der Waals surface area contributed by atoms with E-state index in [1.807, 2.05) is 41.7 Å². The van der Waals surface area contributed by atoms with Gasteiger partial charge in [-0.3, -0.25) is 0 Å². The zero-order valence-corrected chi connectivity index (χ0v) is 13.3. The van der Waals surface area contributed by atoms with Gasteiger partial charge in [0.25, 0.3) is 0 Å². The van der Waals surface area contributed by atoms with Gasteiger partial charge in [-0.15, -0.1) is 23.5 Å². The van der Waals surface area contributed by atoms with E-state index < -0.39 is 0 Å². The summed E-state index contributed by atoms with van der Waals surface area (Å²) in [6.07, 6.45) is 2.31. The summed E-state index contributed by atoms with van der Waals surface area (Å²) >= 11 is 3.77. The fraction of sp³-hybridized carbons (Fsp3) is 0.533. The van der Waals surface area contributed by atoms with E-state index in [0.29, 0.717) is 16.8 Å². The lowest BCUT2D eigenvalue weighted by molar-refractivity contribution is 0.0524. The van der Waals surface area contributed by atoms with E-state index in [-0.39, 0.29) is 5.97 Å². The third kappa shape index (κ3) is 6.92. The van der Waals surface area contributed by atoms with Crippen LogP contribution in [0, 0.1) is 0 Å². The van der Waals surface area contributed by atoms with Gasteiger partial charge in [-0.25, -0.2) is 4.79 Å². The minimum Gasteiger partial charge on any atom is -0.460 e. The Bertz CT molecular complexity index is 346. The summed E-state index contributed by atoms with van der Waals surface area (Å²) in [5.41, 5.74) is 0.627. The Morgan fingerprint density at radius 2 is 1.68 bits per heavy atom. The highest BCUT2D eigenvalue weighted by Crippen LogP contribution is 2.25. The van der Waals surface area contributed by atoms with Crippen LogP contribution in [0.2, 0.25) is 0 Å². The molecule has 0 saturated heterocycles. The van der Waals surface area contributed by atoms with Gasteiger partial charge in [-0.1, -0.05) is 32.0 Å². The Morgan fingerprint density at radius 3 is 2.21 bits per heavy atom. The highest BCUT2D eigenvalue weighted by molar-refractivity contribution is 8.17. The van der Waals surface area contributed by atoms with Crippen LogP contribution in [-0.4, -0.2) is 28.7 Å². The molecule has 19 heavy (non-hydrogen) atoms. The Balaban J connectivity index is 2.39. The number of hydrogen-bond donors (Lipinski definition) is 0. The molecule has 106 valence electrons. The average Bonchev–Trinajstić information content (AvgIpc) is 2.47. The summed E-state index contributed by atoms with van der Waals surface area (Å²) in [7, 11) is 0. The van der Waals surface area contributed by atoms with Gasteiger partial charge in [0.2, 0.25) is 0 Å². The molecule has 0 saturated carbocycles. The largest absolute Gasteiger partial charge is 0.460 e. The van der Waals surface area contributed by atoms with Gasteiger partial charge in [0.05, 0.1) is 10.1 Å². The van der Waals surface area contributed by atoms with Gasteiger partial charge in [0.15, 0.2) is 0 Å². The number of esters is 1. The van der Waals surface area contributed by atoms with Crippen LogP contribution in [0.4, 0.5) is 0 Å². The molecule has 4 heteroatoms. The molecular weight excluding hydrogens is 276 g/mol. The van der Waals surface area contributed by atoms with E-state index in [4.69, 9.17) is 4.74 Å². The third-order valence-corrected chi connectivity index (χ3v) is 5.50. The summed E-state index contributed by atoms with van der Waals surface area (Å²) < 4.78 is 5.76. The molecule has 1 aromatic carbocycles. The first-order valence-electron chi connectivity index (χ1n) is 6.73. The van der Waals surface area contributed by atoms with Crippen LogP contribution < -0.4 is 0 Å². The molecule has 1 rings (SSSR count). The molecule has 0 fully saturated rings. The number of carbonyl (C=O) groups is 1. The molecule has 0 aliphatic carbocycles. The lowest BCUT2D eigenvalue weighted by Crippen LogP contribution is -2.14. The molecule has 0 unspecified atom stereocenters. The smallest absolute Gasteiger partial charge is 0.338 e. The topological polar surface area (TPSA) is 26.3 Å². The Labute approximate surface area is 124 Å². The summed E-state index contributed by atoms with van der Waals surface area (Å²) in [5.74, 6) is 2.01. The molecule has 0 atom stereocenters. The van der Waals surface area contributed by atoms with Crippen molar-refractivity contribution in [2.75, 3.05) is 18.1 Å². The molecule has 0 aromatic heterocycles. The average molecular weight is 298 g/mol. The second-order valence-corrected chi connectivity index (χ2v) is 7.06. The van der Waals surface area contributed by atoms with Crippen molar-refractivity contribution < 1.29 is 9.53 Å². The zero-order valence-electron chi connectivity index (χ0n) is 11.6. The van der Waals surface area contributed by atoms with E-state index in [9.17, 15) is 4.79 Å². The Morgan fingerprint density at radius 1 is 1.11 bits per heavy atom. The van der Waals surface area contributed by atoms with Gasteiger partial charge in [-0.2, -0.15) is 0 Å². The van der Waals surface area contributed by atoms with Gasteiger partial charge in [0, 0.05) is 0 Å². The quantitative estimate of drug-likeness (QED) is 0.497. The lowest BCUT2D eigenvalue weighted by Gasteiger charge is -2.15. The van der Waals surface area contributed by atoms with E-state index in [0.717, 1.165) is 24.3 Å². The van der Waals surface area contributed by atoms with Crippen LogP contribution >= 0.6 is 23.5 Å². The van der Waals surface area contributed by atoms with Gasteiger partial charge >= 0.3 is 5.97 Å². The van der Waals surface area contributed by atoms with Crippen molar-refractivity contribution in [3.63, 3.8) is 0 Å². The Kier molecular flexibility index (Phi) is 8.84. The highest BCUT2D eigenvalue weighted by atomic mass is 32.2. The zero-order chi connectivity index (χ0) is 13.9. The van der Waals surface area contributed by atoms with E-state index in [2.05, 4.69) is 13.8 Å². The van der Waals surface area contributed by atoms with Crippen molar-refractivity contribution in [3.8, 4) is 0 Å². The normalized spacial score (nSPS) is 10.7. The fourth-order valence-corrected chi connectivity index (χ4v) is 3.73. The van der Waals surface area contributed by atoms with Crippen molar-refractivity contribution in [1.82, 2.24) is 0 Å². The summed E-state index contributed by atoms with van der Waals surface area (Å²) in [6, 6.07) is 9.18. The first-order valence-corrected chi connectivity index (χ1v) is 8.83. The second-order valence-electron chi connectivity index (χ2n) is 4.14. The maximum atomic E-state index is 11.9. The first-order chi connectivity index (χ1) is 9.27. The number of thioether (sulfide) groups is 2. The third-order valence-electron chi connectivity index (χ3n) is 2.38. The molecule has 0 aliphatic rings. The van der Waals surface area contributed by atoms with Gasteiger partial charge < -0.3 is 4.74 Å². The molecule has 0 radical (unpaired) electrons. The van der Waals surface area contributed by atoms with Crippen LogP contribution in [0.5, 0.6) is 0 Å². The summed E-state index contributed by atoms with van der Waals surface area (Å²) in [6.45, 7) is 4.83. The number of benzene rings is 1. The molecule has 0 N–H and O–H groups in total. The summed E-state index contributed by atoms with van der Waals surface area (Å²) in [5, 5.41) is 0. The van der Waals surface area contributed by atoms with Crippen molar-refractivity contribution >= 4 is 29.5 Å². The lowest BCUT2D eigenvalue weighted by atomic mass is 10.2. The monoisotopic (exact) mass is 298 g/mol.